The van der Waals surface area contributed by atoms with Crippen LogP contribution >= 0.6 is 0 Å². The van der Waals surface area contributed by atoms with Gasteiger partial charge in [-0.15, -0.1) is 0 Å². The lowest BCUT2D eigenvalue weighted by atomic mass is 10.5. The van der Waals surface area contributed by atoms with E-state index in [0.717, 1.165) is 6.54 Å². The highest BCUT2D eigenvalue weighted by atomic mass is 15.5. The lowest BCUT2D eigenvalue weighted by molar-refractivity contribution is 0.291. The molecule has 0 aromatic carbocycles. The summed E-state index contributed by atoms with van der Waals surface area (Å²) in [7, 11) is 3.99. The van der Waals surface area contributed by atoms with Crippen LogP contribution in [0.5, 0.6) is 0 Å². The molecule has 0 bridgehead atoms. The minimum absolute atomic E-state index is 1.08. The summed E-state index contributed by atoms with van der Waals surface area (Å²) in [6.45, 7) is 3.23. The van der Waals surface area contributed by atoms with Crippen molar-refractivity contribution in [1.29, 1.82) is 0 Å². The molecule has 1 aromatic rings. The molecular weight excluding hydrogens is 162 g/mol. The minimum atomic E-state index is 1.08. The van der Waals surface area contributed by atoms with E-state index < -0.39 is 0 Å². The van der Waals surface area contributed by atoms with Gasteiger partial charge in [0.1, 0.15) is 0 Å². The van der Waals surface area contributed by atoms with Crippen molar-refractivity contribution in [2.45, 2.75) is 13.3 Å². The molecule has 0 radical (unpaired) electrons. The first-order chi connectivity index (χ1) is 6.27. The molecule has 0 unspecified atom stereocenters. The van der Waals surface area contributed by atoms with E-state index in [-0.39, 0.29) is 0 Å². The van der Waals surface area contributed by atoms with Gasteiger partial charge in [0, 0.05) is 33.0 Å². The summed E-state index contributed by atoms with van der Waals surface area (Å²) < 4.78 is 0. The topological polar surface area (TPSA) is 28.2 Å². The summed E-state index contributed by atoms with van der Waals surface area (Å²) in [5.74, 6) is 0. The van der Waals surface area contributed by atoms with Gasteiger partial charge in [0.2, 0.25) is 0 Å². The Labute approximate surface area is 80.8 Å². The molecule has 0 aliphatic carbocycles. The molecule has 0 spiro atoms. The third kappa shape index (κ3) is 11.1. The van der Waals surface area contributed by atoms with Gasteiger partial charge in [0.05, 0.1) is 0 Å². The van der Waals surface area contributed by atoms with Crippen molar-refractivity contribution in [3.63, 3.8) is 0 Å². The molecule has 0 saturated carbocycles. The van der Waals surface area contributed by atoms with Crippen LogP contribution in [0.15, 0.2) is 30.6 Å². The largest absolute Gasteiger partial charge is 0.265 e. The van der Waals surface area contributed by atoms with Crippen LogP contribution in [0.4, 0.5) is 0 Å². The molecule has 74 valence electrons. The normalized spacial score (nSPS) is 9.23. The first kappa shape index (κ1) is 12.1. The highest BCUT2D eigenvalue weighted by Gasteiger charge is 1.80. The molecule has 0 saturated heterocycles. The van der Waals surface area contributed by atoms with E-state index in [1.165, 1.54) is 6.42 Å². The minimum Gasteiger partial charge on any atom is -0.265 e. The van der Waals surface area contributed by atoms with Gasteiger partial charge in [-0.3, -0.25) is 15.4 Å². The Kier molecular flexibility index (Phi) is 8.51. The second kappa shape index (κ2) is 9.16. The fourth-order valence-corrected chi connectivity index (χ4v) is 0.648. The summed E-state index contributed by atoms with van der Waals surface area (Å²) in [5, 5.41) is 1.96. The quantitative estimate of drug-likeness (QED) is 0.717. The van der Waals surface area contributed by atoms with Gasteiger partial charge >= 0.3 is 0 Å². The molecular formula is C10H19N3. The van der Waals surface area contributed by atoms with Crippen molar-refractivity contribution in [1.82, 2.24) is 15.4 Å². The van der Waals surface area contributed by atoms with Crippen LogP contribution in [0.2, 0.25) is 0 Å². The molecule has 0 amide bonds. The lowest BCUT2D eigenvalue weighted by Crippen LogP contribution is -2.30. The molecule has 3 nitrogen and oxygen atoms in total. The summed E-state index contributed by atoms with van der Waals surface area (Å²) in [4.78, 5) is 3.78. The summed E-state index contributed by atoms with van der Waals surface area (Å²) in [6.07, 6.45) is 4.69. The molecule has 1 rings (SSSR count). The molecule has 0 aliphatic heterocycles. The Morgan fingerprint density at radius 2 is 1.77 bits per heavy atom. The Morgan fingerprint density at radius 1 is 1.15 bits per heavy atom. The Bertz CT molecular complexity index is 148. The van der Waals surface area contributed by atoms with Crippen LogP contribution in [-0.4, -0.2) is 30.6 Å². The zero-order valence-corrected chi connectivity index (χ0v) is 8.70. The van der Waals surface area contributed by atoms with E-state index in [1.54, 1.807) is 12.4 Å². The number of nitrogens with one attached hydrogen (secondary N) is 1. The number of hydrazine groups is 1. The van der Waals surface area contributed by atoms with E-state index in [0.29, 0.717) is 0 Å². The van der Waals surface area contributed by atoms with Gasteiger partial charge in [-0.2, -0.15) is 0 Å². The first-order valence-electron chi connectivity index (χ1n) is 4.53. The SMILES string of the molecule is CCCNN(C)C.c1ccncc1. The summed E-state index contributed by atoms with van der Waals surface area (Å²) >= 11 is 0. The maximum atomic E-state index is 3.78. The van der Waals surface area contributed by atoms with E-state index in [2.05, 4.69) is 17.3 Å². The second-order valence-corrected chi connectivity index (χ2v) is 2.83. The molecule has 3 heteroatoms. The predicted molar refractivity (Wildman–Crippen MR) is 56.2 cm³/mol. The number of hydrogen-bond donors (Lipinski definition) is 1. The van der Waals surface area contributed by atoms with Crippen LogP contribution in [0.1, 0.15) is 13.3 Å². The van der Waals surface area contributed by atoms with E-state index >= 15 is 0 Å². The molecule has 1 heterocycles. The van der Waals surface area contributed by atoms with Crippen LogP contribution in [0, 0.1) is 0 Å². The molecule has 13 heavy (non-hydrogen) atoms. The van der Waals surface area contributed by atoms with Gasteiger partial charge in [-0.25, -0.2) is 0 Å². The van der Waals surface area contributed by atoms with Crippen molar-refractivity contribution in [2.75, 3.05) is 20.6 Å². The number of nitrogens with zero attached hydrogens (tertiary/aromatic N) is 2. The Morgan fingerprint density at radius 3 is 1.92 bits per heavy atom. The van der Waals surface area contributed by atoms with E-state index in [4.69, 9.17) is 0 Å². The second-order valence-electron chi connectivity index (χ2n) is 2.83. The predicted octanol–water partition coefficient (Wildman–Crippen LogP) is 1.54. The van der Waals surface area contributed by atoms with Gasteiger partial charge < -0.3 is 0 Å². The fourth-order valence-electron chi connectivity index (χ4n) is 0.648. The van der Waals surface area contributed by atoms with Crippen molar-refractivity contribution >= 4 is 0 Å². The van der Waals surface area contributed by atoms with Gasteiger partial charge in [0.15, 0.2) is 0 Å². The first-order valence-corrected chi connectivity index (χ1v) is 4.53. The lowest BCUT2D eigenvalue weighted by Gasteiger charge is -2.08. The van der Waals surface area contributed by atoms with Crippen LogP contribution < -0.4 is 5.43 Å². The highest BCUT2D eigenvalue weighted by Crippen LogP contribution is 1.73. The molecule has 1 N–H and O–H groups in total. The van der Waals surface area contributed by atoms with E-state index in [9.17, 15) is 0 Å². The molecule has 0 aliphatic rings. The smallest absolute Gasteiger partial charge is 0.0267 e. The van der Waals surface area contributed by atoms with Crippen molar-refractivity contribution in [3.05, 3.63) is 30.6 Å². The third-order valence-corrected chi connectivity index (χ3v) is 1.24. The van der Waals surface area contributed by atoms with Crippen molar-refractivity contribution < 1.29 is 0 Å². The maximum absolute atomic E-state index is 3.78. The van der Waals surface area contributed by atoms with E-state index in [1.807, 2.05) is 37.3 Å². The zero-order chi connectivity index (χ0) is 9.94. The maximum Gasteiger partial charge on any atom is 0.0267 e. The Hall–Kier alpha value is -0.930. The zero-order valence-electron chi connectivity index (χ0n) is 8.70. The van der Waals surface area contributed by atoms with Gasteiger partial charge in [-0.05, 0) is 18.6 Å². The number of hydrogen-bond acceptors (Lipinski definition) is 3. The summed E-state index contributed by atoms with van der Waals surface area (Å²) in [5.41, 5.74) is 3.13. The highest BCUT2D eigenvalue weighted by molar-refractivity contribution is 4.88. The Balaban J connectivity index is 0.000000223. The molecule has 0 atom stereocenters. The van der Waals surface area contributed by atoms with Crippen LogP contribution in [-0.2, 0) is 0 Å². The van der Waals surface area contributed by atoms with Crippen LogP contribution in [0.25, 0.3) is 0 Å². The number of aromatic nitrogens is 1. The monoisotopic (exact) mass is 181 g/mol. The summed E-state index contributed by atoms with van der Waals surface area (Å²) in [6, 6.07) is 5.72. The third-order valence-electron chi connectivity index (χ3n) is 1.24. The standard InChI is InChI=1S/C5H14N2.C5H5N/c1-4-5-6-7(2)3;1-2-4-6-5-3-1/h6H,4-5H2,1-3H3;1-5H. The molecule has 0 fully saturated rings. The van der Waals surface area contributed by atoms with Crippen molar-refractivity contribution in [3.8, 4) is 0 Å². The van der Waals surface area contributed by atoms with Crippen molar-refractivity contribution in [2.24, 2.45) is 0 Å². The average Bonchev–Trinajstić information content (AvgIpc) is 2.18. The van der Waals surface area contributed by atoms with Gasteiger partial charge in [-0.1, -0.05) is 13.0 Å². The van der Waals surface area contributed by atoms with Crippen LogP contribution in [0.3, 0.4) is 0 Å². The van der Waals surface area contributed by atoms with Gasteiger partial charge in [0.25, 0.3) is 0 Å². The number of pyridine rings is 1. The molecule has 1 aromatic heterocycles. The number of rotatable bonds is 3. The average molecular weight is 181 g/mol. The fraction of sp³-hybridized carbons (Fsp3) is 0.500.